The Balaban J connectivity index is 1.72. The maximum atomic E-state index is 14.6. The van der Waals surface area contributed by atoms with Gasteiger partial charge in [0.25, 0.3) is 5.91 Å². The van der Waals surface area contributed by atoms with E-state index in [0.29, 0.717) is 36.5 Å². The zero-order valence-electron chi connectivity index (χ0n) is 22.6. The third kappa shape index (κ3) is 5.40. The number of aliphatic hydroxyl groups excluding tert-OH is 1. The Bertz CT molecular complexity index is 1100. The van der Waals surface area contributed by atoms with Crippen molar-refractivity contribution in [1.82, 2.24) is 4.90 Å². The number of carbonyl (C=O) groups is 3. The van der Waals surface area contributed by atoms with Crippen LogP contribution in [0.5, 0.6) is 0 Å². The van der Waals surface area contributed by atoms with Crippen molar-refractivity contribution in [2.24, 2.45) is 17.8 Å². The number of halogens is 1. The molecule has 7 nitrogen and oxygen atoms in total. The summed E-state index contributed by atoms with van der Waals surface area (Å²) in [5, 5.41) is 9.53. The highest BCUT2D eigenvalue weighted by Gasteiger charge is 2.76. The minimum atomic E-state index is -0.736. The molecule has 3 saturated heterocycles. The topological polar surface area (TPSA) is 87.2 Å². The summed E-state index contributed by atoms with van der Waals surface area (Å²) in [5.74, 6) is -1.83. The standard InChI is InChI=1S/C30H39ClN2O5S/c1-4-6-18-38-29(37)24-23-19-20(3)30(39-23)25(24)27(35)33(16-11-7-8-12-17-34)26(30)28(36)32(15-5-2)22-14-10-9-13-21(22)31/h4-5,9-10,13-14,20,23-26,34H,1-2,6-8,11-12,15-19H2,3H3/t20?,23-,24+,25-,26?,30?/m0/s1. The van der Waals surface area contributed by atoms with Crippen LogP contribution in [0.2, 0.25) is 5.02 Å². The van der Waals surface area contributed by atoms with E-state index >= 15 is 0 Å². The molecule has 0 aliphatic carbocycles. The second-order valence-corrected chi connectivity index (χ2v) is 12.6. The molecule has 3 unspecified atom stereocenters. The average molecular weight is 575 g/mol. The molecule has 3 fully saturated rings. The number of para-hydroxylation sites is 1. The molecular weight excluding hydrogens is 536 g/mol. The summed E-state index contributed by atoms with van der Waals surface area (Å²) in [4.78, 5) is 45.5. The third-order valence-corrected chi connectivity index (χ3v) is 10.7. The lowest BCUT2D eigenvalue weighted by Gasteiger charge is -2.40. The molecule has 0 radical (unpaired) electrons. The summed E-state index contributed by atoms with van der Waals surface area (Å²) in [7, 11) is 0. The Morgan fingerprint density at radius 3 is 2.67 bits per heavy atom. The summed E-state index contributed by atoms with van der Waals surface area (Å²) in [5.41, 5.74) is 0.574. The molecule has 0 aromatic heterocycles. The first-order valence-electron chi connectivity index (χ1n) is 13.9. The van der Waals surface area contributed by atoms with Crippen LogP contribution in [-0.4, -0.2) is 70.1 Å². The van der Waals surface area contributed by atoms with Crippen molar-refractivity contribution >= 4 is 46.8 Å². The number of hydrogen-bond donors (Lipinski definition) is 1. The lowest BCUT2D eigenvalue weighted by atomic mass is 9.66. The van der Waals surface area contributed by atoms with Crippen molar-refractivity contribution in [2.75, 3.05) is 31.2 Å². The van der Waals surface area contributed by atoms with Gasteiger partial charge in [0, 0.05) is 24.9 Å². The van der Waals surface area contributed by atoms with Crippen LogP contribution in [0.1, 0.15) is 45.4 Å². The predicted octanol–water partition coefficient (Wildman–Crippen LogP) is 4.87. The average Bonchev–Trinajstić information content (AvgIpc) is 3.51. The zero-order chi connectivity index (χ0) is 28.2. The van der Waals surface area contributed by atoms with Crippen LogP contribution < -0.4 is 4.90 Å². The van der Waals surface area contributed by atoms with Crippen LogP contribution in [0.15, 0.2) is 49.6 Å². The zero-order valence-corrected chi connectivity index (χ0v) is 24.2. The van der Waals surface area contributed by atoms with Crippen molar-refractivity contribution in [3.05, 3.63) is 54.6 Å². The van der Waals surface area contributed by atoms with Crippen LogP contribution in [-0.2, 0) is 19.1 Å². The number of anilines is 1. The Morgan fingerprint density at radius 2 is 1.97 bits per heavy atom. The molecule has 3 aliphatic heterocycles. The SMILES string of the molecule is C=CCCOC(=O)[C@@H]1[C@@H]2CC(C)C3(S2)C(C(=O)N(CC=C)c2ccccc2Cl)N(CCCCCCO)C(=O)[C@H]13. The van der Waals surface area contributed by atoms with E-state index in [0.717, 1.165) is 19.3 Å². The largest absolute Gasteiger partial charge is 0.465 e. The number of amides is 2. The highest BCUT2D eigenvalue weighted by atomic mass is 35.5. The minimum Gasteiger partial charge on any atom is -0.465 e. The molecule has 6 atom stereocenters. The molecule has 2 amide bonds. The maximum absolute atomic E-state index is 14.6. The lowest BCUT2D eigenvalue weighted by molar-refractivity contribution is -0.154. The van der Waals surface area contributed by atoms with Gasteiger partial charge in [-0.15, -0.1) is 24.9 Å². The molecule has 1 aromatic rings. The first-order valence-corrected chi connectivity index (χ1v) is 15.1. The van der Waals surface area contributed by atoms with Gasteiger partial charge < -0.3 is 19.6 Å². The number of ether oxygens (including phenoxy) is 1. The fourth-order valence-corrected chi connectivity index (χ4v) is 9.29. The van der Waals surface area contributed by atoms with Gasteiger partial charge in [0.15, 0.2) is 0 Å². The van der Waals surface area contributed by atoms with E-state index in [-0.39, 0.29) is 48.7 Å². The van der Waals surface area contributed by atoms with Gasteiger partial charge in [-0.05, 0) is 43.7 Å². The molecule has 2 bridgehead atoms. The molecule has 3 aliphatic rings. The number of rotatable bonds is 14. The Kier molecular flexibility index (Phi) is 9.83. The van der Waals surface area contributed by atoms with E-state index in [9.17, 15) is 14.4 Å². The van der Waals surface area contributed by atoms with Crippen LogP contribution in [0.25, 0.3) is 0 Å². The highest BCUT2D eigenvalue weighted by molar-refractivity contribution is 8.02. The van der Waals surface area contributed by atoms with Crippen molar-refractivity contribution in [1.29, 1.82) is 0 Å². The Hall–Kier alpha value is -2.29. The number of benzene rings is 1. The van der Waals surface area contributed by atoms with Gasteiger partial charge in [-0.25, -0.2) is 0 Å². The number of fused-ring (bicyclic) bond motifs is 1. The molecule has 9 heteroatoms. The van der Waals surface area contributed by atoms with Gasteiger partial charge in [-0.3, -0.25) is 14.4 Å². The van der Waals surface area contributed by atoms with E-state index in [4.69, 9.17) is 21.4 Å². The number of aliphatic hydroxyl groups is 1. The summed E-state index contributed by atoms with van der Waals surface area (Å²) < 4.78 is 4.86. The Morgan fingerprint density at radius 1 is 1.23 bits per heavy atom. The smallest absolute Gasteiger partial charge is 0.310 e. The normalized spacial score (nSPS) is 28.8. The fraction of sp³-hybridized carbons (Fsp3) is 0.567. The van der Waals surface area contributed by atoms with Crippen molar-refractivity contribution < 1.29 is 24.2 Å². The minimum absolute atomic E-state index is 0.0591. The quantitative estimate of drug-likeness (QED) is 0.194. The highest BCUT2D eigenvalue weighted by Crippen LogP contribution is 2.68. The van der Waals surface area contributed by atoms with Crippen LogP contribution in [0.3, 0.4) is 0 Å². The molecule has 212 valence electrons. The van der Waals surface area contributed by atoms with E-state index in [1.807, 2.05) is 12.1 Å². The molecule has 0 saturated carbocycles. The van der Waals surface area contributed by atoms with Crippen LogP contribution in [0, 0.1) is 17.8 Å². The number of nitrogens with zero attached hydrogens (tertiary/aromatic N) is 2. The number of hydrogen-bond acceptors (Lipinski definition) is 6. The second-order valence-electron chi connectivity index (χ2n) is 10.7. The first kappa shape index (κ1) is 29.7. The van der Waals surface area contributed by atoms with E-state index in [1.54, 1.807) is 45.8 Å². The van der Waals surface area contributed by atoms with E-state index in [1.165, 1.54) is 0 Å². The van der Waals surface area contributed by atoms with Crippen molar-refractivity contribution in [3.63, 3.8) is 0 Å². The van der Waals surface area contributed by atoms with Crippen molar-refractivity contribution in [3.8, 4) is 0 Å². The van der Waals surface area contributed by atoms with Gasteiger partial charge in [-0.1, -0.05) is 55.7 Å². The summed E-state index contributed by atoms with van der Waals surface area (Å²) >= 11 is 8.18. The molecule has 39 heavy (non-hydrogen) atoms. The van der Waals surface area contributed by atoms with Gasteiger partial charge in [0.05, 0.1) is 33.9 Å². The molecule has 1 spiro atoms. The van der Waals surface area contributed by atoms with Crippen LogP contribution >= 0.6 is 23.4 Å². The van der Waals surface area contributed by atoms with E-state index in [2.05, 4.69) is 20.1 Å². The van der Waals surface area contributed by atoms with Gasteiger partial charge >= 0.3 is 5.97 Å². The summed E-state index contributed by atoms with van der Waals surface area (Å²) in [6.07, 6.45) is 7.75. The fourth-order valence-electron chi connectivity index (χ4n) is 6.65. The maximum Gasteiger partial charge on any atom is 0.310 e. The van der Waals surface area contributed by atoms with Crippen molar-refractivity contribution in [2.45, 2.75) is 61.5 Å². The number of likely N-dealkylation sites (tertiary alicyclic amines) is 1. The number of esters is 1. The second kappa shape index (κ2) is 12.9. The molecule has 1 N–H and O–H groups in total. The lowest BCUT2D eigenvalue weighted by Crippen LogP contribution is -2.57. The van der Waals surface area contributed by atoms with E-state index < -0.39 is 22.6 Å². The molecule has 3 heterocycles. The first-order chi connectivity index (χ1) is 18.8. The molecular formula is C30H39ClN2O5S. The summed E-state index contributed by atoms with van der Waals surface area (Å²) in [6, 6.07) is 6.46. The third-order valence-electron chi connectivity index (χ3n) is 8.35. The van der Waals surface area contributed by atoms with Crippen LogP contribution in [0.4, 0.5) is 5.69 Å². The number of thioether (sulfide) groups is 1. The number of carbonyl (C=O) groups excluding carboxylic acids is 3. The van der Waals surface area contributed by atoms with Gasteiger partial charge in [0.1, 0.15) is 6.04 Å². The number of unbranched alkanes of at least 4 members (excludes halogenated alkanes) is 3. The molecule has 4 rings (SSSR count). The van der Waals surface area contributed by atoms with Gasteiger partial charge in [0.2, 0.25) is 5.91 Å². The Labute approximate surface area is 240 Å². The summed E-state index contributed by atoms with van der Waals surface area (Å²) in [6.45, 7) is 10.7. The predicted molar refractivity (Wildman–Crippen MR) is 156 cm³/mol. The molecule has 1 aromatic carbocycles. The van der Waals surface area contributed by atoms with Gasteiger partial charge in [-0.2, -0.15) is 0 Å². The monoisotopic (exact) mass is 574 g/mol.